The molecule has 0 bridgehead atoms. The van der Waals surface area contributed by atoms with Crippen LogP contribution in [0.15, 0.2) is 62.4 Å². The van der Waals surface area contributed by atoms with Gasteiger partial charge in [-0.25, -0.2) is 18.0 Å². The maximum atomic E-state index is 13.6. The van der Waals surface area contributed by atoms with Gasteiger partial charge in [-0.3, -0.25) is 4.79 Å². The fraction of sp³-hybridized carbons (Fsp3) is 0.0435. The van der Waals surface area contributed by atoms with Gasteiger partial charge in [0.1, 0.15) is 23.3 Å². The summed E-state index contributed by atoms with van der Waals surface area (Å²) in [5.41, 5.74) is -0.505. The average molecular weight is 557 g/mol. The molecule has 0 saturated carbocycles. The number of fused-ring (bicyclic) bond motifs is 1. The molecule has 0 aliphatic carbocycles. The van der Waals surface area contributed by atoms with Gasteiger partial charge < -0.3 is 18.6 Å². The van der Waals surface area contributed by atoms with E-state index in [2.05, 4.69) is 20.7 Å². The van der Waals surface area contributed by atoms with Crippen molar-refractivity contribution in [2.24, 2.45) is 0 Å². The third-order valence-electron chi connectivity index (χ3n) is 4.51. The monoisotopic (exact) mass is 556 g/mol. The van der Waals surface area contributed by atoms with Gasteiger partial charge in [0.05, 0.1) is 9.86 Å². The molecule has 6 nitrogen and oxygen atoms in total. The number of hydrogen-bond acceptors (Lipinski definition) is 6. The Hall–Kier alpha value is -3.93. The highest BCUT2D eigenvalue weighted by Crippen LogP contribution is 2.30. The van der Waals surface area contributed by atoms with Crippen LogP contribution in [0.2, 0.25) is 0 Å². The van der Waals surface area contributed by atoms with Crippen LogP contribution >= 0.6 is 15.9 Å². The van der Waals surface area contributed by atoms with Crippen LogP contribution in [-0.4, -0.2) is 12.6 Å². The second kappa shape index (κ2) is 9.74. The first-order valence-electron chi connectivity index (χ1n) is 9.50. The van der Waals surface area contributed by atoms with Crippen LogP contribution in [-0.2, 0) is 4.79 Å². The first-order chi connectivity index (χ1) is 16.7. The summed E-state index contributed by atoms with van der Waals surface area (Å²) in [6.07, 6.45) is 1.06. The topological polar surface area (TPSA) is 75.0 Å². The zero-order chi connectivity index (χ0) is 25.3. The van der Waals surface area contributed by atoms with Crippen molar-refractivity contribution in [1.29, 1.82) is 0 Å². The van der Waals surface area contributed by atoms with Gasteiger partial charge in [-0.2, -0.15) is 8.78 Å². The zero-order valence-electron chi connectivity index (χ0n) is 17.0. The number of benzene rings is 3. The van der Waals surface area contributed by atoms with Gasteiger partial charge in [0, 0.05) is 6.07 Å². The predicted molar refractivity (Wildman–Crippen MR) is 114 cm³/mol. The summed E-state index contributed by atoms with van der Waals surface area (Å²) in [6.45, 7) is -1.18. The van der Waals surface area contributed by atoms with Crippen molar-refractivity contribution in [2.75, 3.05) is 6.61 Å². The van der Waals surface area contributed by atoms with Gasteiger partial charge in [0.2, 0.25) is 40.3 Å². The fourth-order valence-electron chi connectivity index (χ4n) is 2.87. The predicted octanol–water partition coefficient (Wildman–Crippen LogP) is 6.03. The Morgan fingerprint density at radius 2 is 1.54 bits per heavy atom. The van der Waals surface area contributed by atoms with Gasteiger partial charge in [-0.15, -0.1) is 0 Å². The molecule has 180 valence electrons. The molecule has 0 fully saturated rings. The van der Waals surface area contributed by atoms with Crippen molar-refractivity contribution < 1.29 is 45.4 Å². The molecule has 0 spiro atoms. The lowest BCUT2D eigenvalue weighted by Gasteiger charge is -2.10. The SMILES string of the molecule is O=C(COc1c(F)c(F)c(F)c(F)c1F)Oc1ccc2c(=O)c(Oc3ccccc3Br)coc2c1. The molecule has 0 saturated heterocycles. The third kappa shape index (κ3) is 4.83. The first kappa shape index (κ1) is 24.2. The molecule has 1 aromatic heterocycles. The lowest BCUT2D eigenvalue weighted by Crippen LogP contribution is -2.19. The van der Waals surface area contributed by atoms with Crippen molar-refractivity contribution in [1.82, 2.24) is 0 Å². The molecule has 12 heteroatoms. The fourth-order valence-corrected chi connectivity index (χ4v) is 3.24. The normalized spacial score (nSPS) is 10.9. The summed E-state index contributed by atoms with van der Waals surface area (Å²) in [7, 11) is 0. The third-order valence-corrected chi connectivity index (χ3v) is 5.16. The quantitative estimate of drug-likeness (QED) is 0.0949. The van der Waals surface area contributed by atoms with E-state index in [9.17, 15) is 31.5 Å². The Bertz CT molecular complexity index is 1490. The van der Waals surface area contributed by atoms with E-state index < -0.39 is 52.8 Å². The number of esters is 1. The summed E-state index contributed by atoms with van der Waals surface area (Å²) in [5.74, 6) is -14.0. The van der Waals surface area contributed by atoms with Crippen LogP contribution < -0.4 is 19.6 Å². The van der Waals surface area contributed by atoms with E-state index >= 15 is 0 Å². The summed E-state index contributed by atoms with van der Waals surface area (Å²) in [5, 5.41) is 0.0898. The van der Waals surface area contributed by atoms with Crippen LogP contribution in [0.25, 0.3) is 11.0 Å². The lowest BCUT2D eigenvalue weighted by atomic mass is 10.2. The summed E-state index contributed by atoms with van der Waals surface area (Å²) in [6, 6.07) is 10.5. The molecular weight excluding hydrogens is 547 g/mol. The Morgan fingerprint density at radius 3 is 2.23 bits per heavy atom. The molecule has 1 heterocycles. The van der Waals surface area contributed by atoms with Gasteiger partial charge in [-0.05, 0) is 40.2 Å². The number of halogens is 6. The van der Waals surface area contributed by atoms with Gasteiger partial charge in [0.15, 0.2) is 12.4 Å². The Morgan fingerprint density at radius 1 is 0.886 bits per heavy atom. The molecule has 3 aromatic carbocycles. The Kier molecular flexibility index (Phi) is 6.74. The molecule has 0 unspecified atom stereocenters. The number of carbonyl (C=O) groups excluding carboxylic acids is 1. The first-order valence-corrected chi connectivity index (χ1v) is 10.3. The van der Waals surface area contributed by atoms with Crippen LogP contribution in [0.3, 0.4) is 0 Å². The second-order valence-electron chi connectivity index (χ2n) is 6.78. The van der Waals surface area contributed by atoms with Gasteiger partial charge >= 0.3 is 5.97 Å². The smallest absolute Gasteiger partial charge is 0.349 e. The highest BCUT2D eigenvalue weighted by atomic mass is 79.9. The number of hydrogen-bond donors (Lipinski definition) is 0. The summed E-state index contributed by atoms with van der Waals surface area (Å²) >= 11 is 3.29. The van der Waals surface area contributed by atoms with Crippen molar-refractivity contribution in [3.63, 3.8) is 0 Å². The van der Waals surface area contributed by atoms with E-state index in [4.69, 9.17) is 13.9 Å². The van der Waals surface area contributed by atoms with E-state index in [1.165, 1.54) is 18.2 Å². The number of ether oxygens (including phenoxy) is 3. The Labute approximate surface area is 200 Å². The lowest BCUT2D eigenvalue weighted by molar-refractivity contribution is -0.136. The van der Waals surface area contributed by atoms with Gasteiger partial charge in [-0.1, -0.05) is 12.1 Å². The van der Waals surface area contributed by atoms with E-state index in [0.717, 1.165) is 6.26 Å². The molecule has 0 aliphatic heterocycles. The maximum absolute atomic E-state index is 13.6. The van der Waals surface area contributed by atoms with Crippen molar-refractivity contribution in [3.8, 4) is 23.0 Å². The molecule has 0 atom stereocenters. The van der Waals surface area contributed by atoms with E-state index in [-0.39, 0.29) is 22.5 Å². The van der Waals surface area contributed by atoms with Gasteiger partial charge in [0.25, 0.3) is 0 Å². The van der Waals surface area contributed by atoms with E-state index in [1.54, 1.807) is 24.3 Å². The minimum absolute atomic E-state index is 0.0143. The molecule has 0 radical (unpaired) electrons. The highest BCUT2D eigenvalue weighted by molar-refractivity contribution is 9.10. The standard InChI is InChI=1S/C23H10BrF5O6/c24-12-3-1-2-4-13(12)35-15-8-32-14-7-10(5-6-11(14)22(15)31)34-16(30)9-33-23-20(28)18(26)17(25)19(27)21(23)29/h1-8H,9H2. The molecule has 35 heavy (non-hydrogen) atoms. The highest BCUT2D eigenvalue weighted by Gasteiger charge is 2.27. The van der Waals surface area contributed by atoms with Crippen molar-refractivity contribution in [2.45, 2.75) is 0 Å². The summed E-state index contributed by atoms with van der Waals surface area (Å²) < 4.78 is 87.7. The average Bonchev–Trinajstić information content (AvgIpc) is 2.84. The maximum Gasteiger partial charge on any atom is 0.349 e. The second-order valence-corrected chi connectivity index (χ2v) is 7.64. The molecule has 4 aromatic rings. The van der Waals surface area contributed by atoms with Crippen LogP contribution in [0.4, 0.5) is 22.0 Å². The van der Waals surface area contributed by atoms with Crippen LogP contribution in [0, 0.1) is 29.1 Å². The molecule has 4 rings (SSSR count). The minimum atomic E-state index is -2.36. The largest absolute Gasteiger partial charge is 0.476 e. The van der Waals surface area contributed by atoms with Crippen molar-refractivity contribution in [3.05, 3.63) is 92.5 Å². The van der Waals surface area contributed by atoms with E-state index in [1.807, 2.05) is 0 Å². The van der Waals surface area contributed by atoms with Crippen LogP contribution in [0.5, 0.6) is 23.0 Å². The van der Waals surface area contributed by atoms with Crippen LogP contribution in [0.1, 0.15) is 0 Å². The van der Waals surface area contributed by atoms with Crippen molar-refractivity contribution >= 4 is 32.9 Å². The zero-order valence-corrected chi connectivity index (χ0v) is 18.6. The molecule has 0 amide bonds. The molecule has 0 aliphatic rings. The summed E-state index contributed by atoms with van der Waals surface area (Å²) in [4.78, 5) is 24.7. The number of carbonyl (C=O) groups is 1. The number of para-hydroxylation sites is 1. The minimum Gasteiger partial charge on any atom is -0.476 e. The van der Waals surface area contributed by atoms with E-state index in [0.29, 0.717) is 10.2 Å². The number of rotatable bonds is 6. The molecule has 0 N–H and O–H groups in total. The molecular formula is C23H10BrF5O6. The Balaban J connectivity index is 1.49.